The first-order valence-corrected chi connectivity index (χ1v) is 6.95. The molecule has 0 aliphatic heterocycles. The van der Waals surface area contributed by atoms with E-state index in [1.807, 2.05) is 6.07 Å². The molecule has 2 aromatic carbocycles. The summed E-state index contributed by atoms with van der Waals surface area (Å²) in [6.45, 7) is 0. The zero-order valence-electron chi connectivity index (χ0n) is 10.7. The Morgan fingerprint density at radius 2 is 2.00 bits per heavy atom. The van der Waals surface area contributed by atoms with Crippen LogP contribution < -0.4 is 0 Å². The van der Waals surface area contributed by atoms with Crippen LogP contribution in [-0.4, -0.2) is 21.0 Å². The van der Waals surface area contributed by atoms with Crippen molar-refractivity contribution in [2.45, 2.75) is 6.42 Å². The van der Waals surface area contributed by atoms with Gasteiger partial charge in [0.25, 0.3) is 0 Å². The van der Waals surface area contributed by atoms with Crippen molar-refractivity contribution in [1.82, 2.24) is 9.97 Å². The monoisotopic (exact) mass is 320 g/mol. The van der Waals surface area contributed by atoms with Crippen LogP contribution in [-0.2, 0) is 6.42 Å². The molecule has 0 saturated carbocycles. The second-order valence-electron chi connectivity index (χ2n) is 4.62. The summed E-state index contributed by atoms with van der Waals surface area (Å²) in [6.07, 6.45) is 0.518. The number of rotatable bonds is 3. The zero-order valence-corrected chi connectivity index (χ0v) is 12.2. The summed E-state index contributed by atoms with van der Waals surface area (Å²) in [5, 5.41) is 10.1. The van der Waals surface area contributed by atoms with Crippen molar-refractivity contribution < 1.29 is 9.90 Å². The minimum atomic E-state index is -0.992. The van der Waals surface area contributed by atoms with E-state index < -0.39 is 5.97 Å². The summed E-state index contributed by atoms with van der Waals surface area (Å²) in [6, 6.07) is 10.4. The predicted molar refractivity (Wildman–Crippen MR) is 82.3 cm³/mol. The largest absolute Gasteiger partial charge is 0.478 e. The average molecular weight is 321 g/mol. The third kappa shape index (κ3) is 2.73. The van der Waals surface area contributed by atoms with Gasteiger partial charge in [-0.3, -0.25) is 0 Å². The number of hydrogen-bond donors (Lipinski definition) is 2. The topological polar surface area (TPSA) is 66.0 Å². The number of aromatic carboxylic acids is 1. The number of benzene rings is 2. The number of aromatic nitrogens is 2. The molecule has 0 aliphatic carbocycles. The first kappa shape index (κ1) is 13.9. The number of nitrogens with one attached hydrogen (secondary N) is 1. The molecule has 3 rings (SSSR count). The van der Waals surface area contributed by atoms with Gasteiger partial charge < -0.3 is 10.1 Å². The fourth-order valence-corrected chi connectivity index (χ4v) is 2.50. The van der Waals surface area contributed by atoms with E-state index in [1.165, 1.54) is 6.07 Å². The molecule has 106 valence electrons. The zero-order chi connectivity index (χ0) is 15.0. The van der Waals surface area contributed by atoms with Gasteiger partial charge in [0.2, 0.25) is 0 Å². The molecule has 0 atom stereocenters. The third-order valence-corrected chi connectivity index (χ3v) is 3.89. The van der Waals surface area contributed by atoms with E-state index in [0.717, 1.165) is 5.56 Å². The summed E-state index contributed by atoms with van der Waals surface area (Å²) in [7, 11) is 0. The lowest BCUT2D eigenvalue weighted by Gasteiger charge is -2.00. The number of carbonyl (C=O) groups is 1. The van der Waals surface area contributed by atoms with Gasteiger partial charge in [0, 0.05) is 6.42 Å². The Balaban J connectivity index is 1.99. The van der Waals surface area contributed by atoms with Crippen LogP contribution in [0, 0.1) is 0 Å². The molecule has 4 nitrogen and oxygen atoms in total. The van der Waals surface area contributed by atoms with Gasteiger partial charge >= 0.3 is 5.97 Å². The molecule has 3 aromatic rings. The summed E-state index contributed by atoms with van der Waals surface area (Å²) < 4.78 is 0. The summed E-state index contributed by atoms with van der Waals surface area (Å²) in [5.74, 6) is -0.315. The molecule has 0 spiro atoms. The molecule has 2 N–H and O–H groups in total. The molecule has 0 fully saturated rings. The molecule has 0 unspecified atom stereocenters. The highest BCUT2D eigenvalue weighted by molar-refractivity contribution is 6.42. The number of carboxylic acid groups (broad SMARTS) is 1. The highest BCUT2D eigenvalue weighted by Crippen LogP contribution is 2.24. The standard InChI is InChI=1S/C15H10Cl2N2O2/c16-10-5-4-8(6-11(10)17)7-13-18-12-3-1-2-9(15(20)21)14(12)19-13/h1-6H,7H2,(H,18,19)(H,20,21). The molecular weight excluding hydrogens is 311 g/mol. The average Bonchev–Trinajstić information content (AvgIpc) is 2.84. The smallest absolute Gasteiger partial charge is 0.337 e. The van der Waals surface area contributed by atoms with Crippen molar-refractivity contribution in [3.8, 4) is 0 Å². The van der Waals surface area contributed by atoms with Gasteiger partial charge in [0.15, 0.2) is 0 Å². The van der Waals surface area contributed by atoms with E-state index in [2.05, 4.69) is 9.97 Å². The Morgan fingerprint density at radius 1 is 1.19 bits per heavy atom. The number of fused-ring (bicyclic) bond motifs is 1. The van der Waals surface area contributed by atoms with Gasteiger partial charge in [0.1, 0.15) is 11.3 Å². The molecule has 0 amide bonds. The maximum atomic E-state index is 11.2. The number of para-hydroxylation sites is 1. The summed E-state index contributed by atoms with van der Waals surface area (Å²) >= 11 is 11.9. The van der Waals surface area contributed by atoms with Gasteiger partial charge in [-0.05, 0) is 29.8 Å². The Labute approximate surface area is 130 Å². The van der Waals surface area contributed by atoms with Crippen LogP contribution in [0.15, 0.2) is 36.4 Å². The van der Waals surface area contributed by atoms with Gasteiger partial charge in [-0.15, -0.1) is 0 Å². The lowest BCUT2D eigenvalue weighted by atomic mass is 10.1. The Kier molecular flexibility index (Phi) is 3.57. The fourth-order valence-electron chi connectivity index (χ4n) is 2.18. The first-order valence-electron chi connectivity index (χ1n) is 6.19. The second kappa shape index (κ2) is 5.39. The predicted octanol–water partition coefficient (Wildman–Crippen LogP) is 4.16. The Hall–Kier alpha value is -2.04. The Morgan fingerprint density at radius 3 is 2.71 bits per heavy atom. The fraction of sp³-hybridized carbons (Fsp3) is 0.0667. The number of carboxylic acids is 1. The molecule has 1 heterocycles. The number of imidazole rings is 1. The van der Waals surface area contributed by atoms with E-state index >= 15 is 0 Å². The molecule has 1 aromatic heterocycles. The second-order valence-corrected chi connectivity index (χ2v) is 5.43. The van der Waals surface area contributed by atoms with E-state index in [-0.39, 0.29) is 5.56 Å². The number of aromatic amines is 1. The number of H-pyrrole nitrogens is 1. The van der Waals surface area contributed by atoms with Crippen molar-refractivity contribution in [1.29, 1.82) is 0 Å². The highest BCUT2D eigenvalue weighted by atomic mass is 35.5. The van der Waals surface area contributed by atoms with Crippen molar-refractivity contribution in [3.63, 3.8) is 0 Å². The van der Waals surface area contributed by atoms with E-state index in [4.69, 9.17) is 28.3 Å². The SMILES string of the molecule is O=C(O)c1cccc2[nH]c(Cc3ccc(Cl)c(Cl)c3)nc12. The quantitative estimate of drug-likeness (QED) is 0.761. The number of nitrogens with zero attached hydrogens (tertiary/aromatic N) is 1. The molecule has 0 aliphatic rings. The van der Waals surface area contributed by atoms with Crippen molar-refractivity contribution in [2.24, 2.45) is 0 Å². The van der Waals surface area contributed by atoms with Crippen molar-refractivity contribution >= 4 is 40.2 Å². The minimum Gasteiger partial charge on any atom is -0.478 e. The van der Waals surface area contributed by atoms with Gasteiger partial charge in [0.05, 0.1) is 21.1 Å². The van der Waals surface area contributed by atoms with Crippen LogP contribution in [0.2, 0.25) is 10.0 Å². The summed E-state index contributed by atoms with van der Waals surface area (Å²) in [4.78, 5) is 18.7. The molecule has 0 bridgehead atoms. The van der Waals surface area contributed by atoms with E-state index in [0.29, 0.717) is 33.3 Å². The number of hydrogen-bond acceptors (Lipinski definition) is 2. The minimum absolute atomic E-state index is 0.184. The van der Waals surface area contributed by atoms with Crippen molar-refractivity contribution in [3.05, 3.63) is 63.4 Å². The van der Waals surface area contributed by atoms with Crippen LogP contribution in [0.4, 0.5) is 0 Å². The normalized spacial score (nSPS) is 11.0. The lowest BCUT2D eigenvalue weighted by molar-refractivity contribution is 0.0699. The Bertz CT molecular complexity index is 843. The van der Waals surface area contributed by atoms with E-state index in [1.54, 1.807) is 24.3 Å². The van der Waals surface area contributed by atoms with E-state index in [9.17, 15) is 4.79 Å². The molecule has 0 saturated heterocycles. The van der Waals surface area contributed by atoms with Gasteiger partial charge in [-0.25, -0.2) is 9.78 Å². The van der Waals surface area contributed by atoms with Crippen LogP contribution in [0.5, 0.6) is 0 Å². The molecule has 21 heavy (non-hydrogen) atoms. The number of halogens is 2. The van der Waals surface area contributed by atoms with Crippen LogP contribution >= 0.6 is 23.2 Å². The van der Waals surface area contributed by atoms with Crippen LogP contribution in [0.25, 0.3) is 11.0 Å². The van der Waals surface area contributed by atoms with Crippen molar-refractivity contribution in [2.75, 3.05) is 0 Å². The summed E-state index contributed by atoms with van der Waals surface area (Å²) in [5.41, 5.74) is 2.29. The molecule has 6 heteroatoms. The molecule has 0 radical (unpaired) electrons. The van der Waals surface area contributed by atoms with Crippen LogP contribution in [0.3, 0.4) is 0 Å². The van der Waals surface area contributed by atoms with Gasteiger partial charge in [-0.2, -0.15) is 0 Å². The first-order chi connectivity index (χ1) is 10.0. The van der Waals surface area contributed by atoms with Gasteiger partial charge in [-0.1, -0.05) is 35.3 Å². The maximum absolute atomic E-state index is 11.2. The lowest BCUT2D eigenvalue weighted by Crippen LogP contribution is -1.97. The molecular formula is C15H10Cl2N2O2. The third-order valence-electron chi connectivity index (χ3n) is 3.15. The maximum Gasteiger partial charge on any atom is 0.337 e. The van der Waals surface area contributed by atoms with Crippen LogP contribution in [0.1, 0.15) is 21.7 Å². The highest BCUT2D eigenvalue weighted by Gasteiger charge is 2.12.